The first-order valence-electron chi connectivity index (χ1n) is 6.70. The molecule has 0 aromatic heterocycles. The fraction of sp³-hybridized carbons (Fsp3) is 0.294. The van der Waals surface area contributed by atoms with Crippen LogP contribution in [-0.2, 0) is 13.0 Å². The van der Waals surface area contributed by atoms with E-state index in [1.165, 1.54) is 0 Å². The molecule has 2 aromatic carbocycles. The maximum absolute atomic E-state index is 9.46. The monoisotopic (exact) mass is 334 g/mol. The van der Waals surface area contributed by atoms with E-state index in [-0.39, 0.29) is 6.10 Å². The van der Waals surface area contributed by atoms with Crippen molar-refractivity contribution in [2.75, 3.05) is 0 Å². The highest BCUT2D eigenvalue weighted by Crippen LogP contribution is 2.31. The molecule has 0 heterocycles. The van der Waals surface area contributed by atoms with E-state index in [4.69, 9.17) is 4.74 Å². The summed E-state index contributed by atoms with van der Waals surface area (Å²) >= 11 is 3.55. The maximum Gasteiger partial charge on any atom is 0.136 e. The number of ether oxygens (including phenoxy) is 1. The van der Waals surface area contributed by atoms with E-state index >= 15 is 0 Å². The first kappa shape index (κ1) is 15.1. The number of rotatable bonds is 5. The second kappa shape index (κ2) is 6.91. The third-order valence-corrected chi connectivity index (χ3v) is 3.64. The topological polar surface area (TPSA) is 29.5 Å². The molecule has 2 aromatic rings. The lowest BCUT2D eigenvalue weighted by atomic mass is 10.1. The van der Waals surface area contributed by atoms with E-state index in [0.717, 1.165) is 26.9 Å². The van der Waals surface area contributed by atoms with Crippen LogP contribution in [0.3, 0.4) is 0 Å². The number of hydrogen-bond acceptors (Lipinski definition) is 2. The Labute approximate surface area is 128 Å². The predicted molar refractivity (Wildman–Crippen MR) is 85.0 cm³/mol. The Bertz CT molecular complexity index is 541. The van der Waals surface area contributed by atoms with Crippen molar-refractivity contribution in [3.63, 3.8) is 0 Å². The van der Waals surface area contributed by atoms with Crippen LogP contribution in [0.25, 0.3) is 0 Å². The molecule has 0 aliphatic rings. The van der Waals surface area contributed by atoms with Crippen molar-refractivity contribution in [2.45, 2.75) is 33.0 Å². The van der Waals surface area contributed by atoms with Crippen molar-refractivity contribution in [3.8, 4) is 5.75 Å². The van der Waals surface area contributed by atoms with E-state index in [1.807, 2.05) is 43.3 Å². The zero-order chi connectivity index (χ0) is 14.5. The first-order chi connectivity index (χ1) is 9.56. The van der Waals surface area contributed by atoms with Crippen LogP contribution in [0.5, 0.6) is 5.75 Å². The molecule has 0 fully saturated rings. The molecule has 0 aliphatic heterocycles. The van der Waals surface area contributed by atoms with Gasteiger partial charge in [0.1, 0.15) is 12.4 Å². The molecule has 1 atom stereocenters. The minimum absolute atomic E-state index is 0.336. The average Bonchev–Trinajstić information content (AvgIpc) is 2.38. The lowest BCUT2D eigenvalue weighted by Gasteiger charge is -2.14. The number of benzene rings is 2. The molecular weight excluding hydrogens is 316 g/mol. The lowest BCUT2D eigenvalue weighted by Crippen LogP contribution is -2.05. The molecule has 0 spiro atoms. The van der Waals surface area contributed by atoms with Gasteiger partial charge in [0.25, 0.3) is 0 Å². The van der Waals surface area contributed by atoms with Gasteiger partial charge in [-0.1, -0.05) is 36.4 Å². The van der Waals surface area contributed by atoms with Crippen molar-refractivity contribution in [3.05, 3.63) is 63.6 Å². The summed E-state index contributed by atoms with van der Waals surface area (Å²) in [6.45, 7) is 4.37. The normalized spacial score (nSPS) is 12.2. The van der Waals surface area contributed by atoms with Crippen molar-refractivity contribution in [1.29, 1.82) is 0 Å². The lowest BCUT2D eigenvalue weighted by molar-refractivity contribution is 0.195. The van der Waals surface area contributed by atoms with Gasteiger partial charge in [0.2, 0.25) is 0 Å². The molecule has 1 unspecified atom stereocenters. The molecule has 0 saturated carbocycles. The van der Waals surface area contributed by atoms with Gasteiger partial charge in [-0.15, -0.1) is 0 Å². The molecule has 0 aliphatic carbocycles. The van der Waals surface area contributed by atoms with Gasteiger partial charge in [-0.3, -0.25) is 0 Å². The zero-order valence-corrected chi connectivity index (χ0v) is 13.4. The molecule has 1 N–H and O–H groups in total. The van der Waals surface area contributed by atoms with Crippen LogP contribution < -0.4 is 4.74 Å². The van der Waals surface area contributed by atoms with E-state index in [1.54, 1.807) is 6.92 Å². The van der Waals surface area contributed by atoms with Gasteiger partial charge in [-0.05, 0) is 59.0 Å². The molecule has 2 nitrogen and oxygen atoms in total. The molecule has 0 amide bonds. The standard InChI is InChI=1S/C17H19BrO2/c1-12-8-15(9-13(2)19)10-16(18)17(12)20-11-14-6-4-3-5-7-14/h3-8,10,13,19H,9,11H2,1-2H3. The van der Waals surface area contributed by atoms with Gasteiger partial charge in [0, 0.05) is 0 Å². The quantitative estimate of drug-likeness (QED) is 0.885. The van der Waals surface area contributed by atoms with Gasteiger partial charge < -0.3 is 9.84 Å². The Balaban J connectivity index is 2.12. The first-order valence-corrected chi connectivity index (χ1v) is 7.49. The summed E-state index contributed by atoms with van der Waals surface area (Å²) in [5, 5.41) is 9.46. The number of aryl methyl sites for hydroxylation is 1. The maximum atomic E-state index is 9.46. The molecule has 0 saturated heterocycles. The Hall–Kier alpha value is -1.32. The fourth-order valence-corrected chi connectivity index (χ4v) is 2.89. The van der Waals surface area contributed by atoms with Gasteiger partial charge in [-0.25, -0.2) is 0 Å². The van der Waals surface area contributed by atoms with Gasteiger partial charge in [0.15, 0.2) is 0 Å². The molecule has 2 rings (SSSR count). The largest absolute Gasteiger partial charge is 0.487 e. The van der Waals surface area contributed by atoms with Crippen molar-refractivity contribution < 1.29 is 9.84 Å². The number of halogens is 1. The highest BCUT2D eigenvalue weighted by molar-refractivity contribution is 9.10. The Morgan fingerprint density at radius 2 is 1.85 bits per heavy atom. The van der Waals surface area contributed by atoms with Crippen LogP contribution in [0.4, 0.5) is 0 Å². The van der Waals surface area contributed by atoms with Crippen LogP contribution >= 0.6 is 15.9 Å². The third kappa shape index (κ3) is 4.09. The van der Waals surface area contributed by atoms with E-state index in [2.05, 4.69) is 22.0 Å². The smallest absolute Gasteiger partial charge is 0.136 e. The van der Waals surface area contributed by atoms with Crippen LogP contribution in [-0.4, -0.2) is 11.2 Å². The van der Waals surface area contributed by atoms with E-state index in [9.17, 15) is 5.11 Å². The highest BCUT2D eigenvalue weighted by atomic mass is 79.9. The SMILES string of the molecule is Cc1cc(CC(C)O)cc(Br)c1OCc1ccccc1. The second-order valence-corrected chi connectivity index (χ2v) is 5.91. The Kier molecular flexibility index (Phi) is 5.21. The molecule has 3 heteroatoms. The third-order valence-electron chi connectivity index (χ3n) is 3.05. The number of aliphatic hydroxyl groups is 1. The summed E-state index contributed by atoms with van der Waals surface area (Å²) in [6.07, 6.45) is 0.315. The van der Waals surface area contributed by atoms with Crippen molar-refractivity contribution in [1.82, 2.24) is 0 Å². The van der Waals surface area contributed by atoms with Crippen LogP contribution in [0.15, 0.2) is 46.9 Å². The second-order valence-electron chi connectivity index (χ2n) is 5.05. The molecule has 0 bridgehead atoms. The Morgan fingerprint density at radius 1 is 1.15 bits per heavy atom. The summed E-state index contributed by atoms with van der Waals surface area (Å²) in [7, 11) is 0. The highest BCUT2D eigenvalue weighted by Gasteiger charge is 2.09. The molecule has 0 radical (unpaired) electrons. The van der Waals surface area contributed by atoms with Crippen LogP contribution in [0.1, 0.15) is 23.6 Å². The van der Waals surface area contributed by atoms with Crippen molar-refractivity contribution in [2.24, 2.45) is 0 Å². The molecular formula is C17H19BrO2. The van der Waals surface area contributed by atoms with Crippen LogP contribution in [0.2, 0.25) is 0 Å². The fourth-order valence-electron chi connectivity index (χ4n) is 2.17. The minimum Gasteiger partial charge on any atom is -0.487 e. The molecule has 20 heavy (non-hydrogen) atoms. The summed E-state index contributed by atoms with van der Waals surface area (Å²) in [5.74, 6) is 0.864. The van der Waals surface area contributed by atoms with Gasteiger partial charge >= 0.3 is 0 Å². The molecule has 106 valence electrons. The number of aliphatic hydroxyl groups excluding tert-OH is 1. The van der Waals surface area contributed by atoms with Crippen molar-refractivity contribution >= 4 is 15.9 Å². The van der Waals surface area contributed by atoms with Crippen LogP contribution in [0, 0.1) is 6.92 Å². The van der Waals surface area contributed by atoms with E-state index in [0.29, 0.717) is 13.0 Å². The van der Waals surface area contributed by atoms with Gasteiger partial charge in [-0.2, -0.15) is 0 Å². The minimum atomic E-state index is -0.336. The summed E-state index contributed by atoms with van der Waals surface area (Å²) in [5.41, 5.74) is 3.33. The summed E-state index contributed by atoms with van der Waals surface area (Å²) < 4.78 is 6.84. The summed E-state index contributed by atoms with van der Waals surface area (Å²) in [6, 6.07) is 14.2. The van der Waals surface area contributed by atoms with Gasteiger partial charge in [0.05, 0.1) is 10.6 Å². The average molecular weight is 335 g/mol. The predicted octanol–water partition coefficient (Wildman–Crippen LogP) is 4.26. The Morgan fingerprint density at radius 3 is 2.45 bits per heavy atom. The number of hydrogen-bond donors (Lipinski definition) is 1. The zero-order valence-electron chi connectivity index (χ0n) is 11.8. The van der Waals surface area contributed by atoms with E-state index < -0.39 is 0 Å². The summed E-state index contributed by atoms with van der Waals surface area (Å²) in [4.78, 5) is 0.